The number of carbonyl (C=O) groups excluding carboxylic acids is 1. The van der Waals surface area contributed by atoms with E-state index in [1.165, 1.54) is 6.07 Å². The molecule has 2 aromatic rings. The molecular weight excluding hydrogens is 403 g/mol. The van der Waals surface area contributed by atoms with Crippen molar-refractivity contribution in [1.82, 2.24) is 30.1 Å². The fraction of sp³-hybridized carbons (Fsp3) is 0.474. The molecule has 1 unspecified atom stereocenters. The average molecular weight is 430 g/mol. The molecule has 0 radical (unpaired) electrons. The number of hydrogen-bond donors (Lipinski definition) is 3. The van der Waals surface area contributed by atoms with Gasteiger partial charge < -0.3 is 29.9 Å². The Morgan fingerprint density at radius 3 is 2.61 bits per heavy atom. The number of carbonyl (C=O) groups is 2. The Hall–Kier alpha value is -2.96. The number of hydrogen-bond acceptors (Lipinski definition) is 8. The van der Waals surface area contributed by atoms with E-state index in [9.17, 15) is 19.7 Å². The highest BCUT2D eigenvalue weighted by molar-refractivity contribution is 6.47. The van der Waals surface area contributed by atoms with Crippen LogP contribution in [0.5, 0.6) is 5.75 Å². The van der Waals surface area contributed by atoms with Crippen molar-refractivity contribution < 1.29 is 24.4 Å². The number of aromatic nitrogens is 3. The van der Waals surface area contributed by atoms with Crippen molar-refractivity contribution in [2.24, 2.45) is 0 Å². The number of fused-ring (bicyclic) bond motifs is 1. The molecule has 0 saturated heterocycles. The standard InChI is InChI=1S/C19H27BN6O5/c1-24(2)9-14-15(10-25(3)4)26(23-22-14)11-17(27)21-16-8-12-6-5-7-13(19(28)29)18(12)31-20(16)30/h5-7,16,30H,8-11H2,1-4H3,(H,21,27)(H,28,29). The molecule has 11 nitrogen and oxygen atoms in total. The maximum atomic E-state index is 12.7. The Balaban J connectivity index is 1.72. The Labute approximate surface area is 180 Å². The third-order valence-electron chi connectivity index (χ3n) is 4.84. The Morgan fingerprint density at radius 1 is 1.26 bits per heavy atom. The van der Waals surface area contributed by atoms with Gasteiger partial charge >= 0.3 is 13.1 Å². The molecule has 166 valence electrons. The molecule has 12 heteroatoms. The number of nitrogens with one attached hydrogen (secondary N) is 1. The highest BCUT2D eigenvalue weighted by Crippen LogP contribution is 2.30. The zero-order valence-corrected chi connectivity index (χ0v) is 18.1. The lowest BCUT2D eigenvalue weighted by molar-refractivity contribution is -0.122. The molecule has 0 spiro atoms. The summed E-state index contributed by atoms with van der Waals surface area (Å²) in [6.45, 7) is 1.11. The van der Waals surface area contributed by atoms with E-state index >= 15 is 0 Å². The van der Waals surface area contributed by atoms with E-state index in [4.69, 9.17) is 4.65 Å². The fourth-order valence-electron chi connectivity index (χ4n) is 3.50. The number of carboxylic acid groups (broad SMARTS) is 1. The third kappa shape index (κ3) is 5.40. The van der Waals surface area contributed by atoms with Crippen LogP contribution in [-0.2, 0) is 30.8 Å². The molecule has 1 amide bonds. The normalized spacial score (nSPS) is 15.7. The van der Waals surface area contributed by atoms with Gasteiger partial charge in [0, 0.05) is 13.1 Å². The van der Waals surface area contributed by atoms with Crippen molar-refractivity contribution in [3.8, 4) is 5.75 Å². The molecule has 0 saturated carbocycles. The minimum absolute atomic E-state index is 0.0225. The second kappa shape index (κ2) is 9.46. The van der Waals surface area contributed by atoms with Gasteiger partial charge in [0.1, 0.15) is 18.0 Å². The van der Waals surface area contributed by atoms with Crippen LogP contribution in [0.25, 0.3) is 0 Å². The maximum absolute atomic E-state index is 12.7. The number of benzene rings is 1. The number of rotatable bonds is 8. The van der Waals surface area contributed by atoms with Gasteiger partial charge in [-0.05, 0) is 46.2 Å². The maximum Gasteiger partial charge on any atom is 0.547 e. The monoisotopic (exact) mass is 430 g/mol. The lowest BCUT2D eigenvalue weighted by Gasteiger charge is -2.29. The SMILES string of the molecule is CN(C)Cc1nnn(CC(=O)NC2Cc3cccc(C(=O)O)c3OB2O)c1CN(C)C. The molecule has 0 fully saturated rings. The molecule has 1 aliphatic heterocycles. The van der Waals surface area contributed by atoms with Gasteiger partial charge in [-0.3, -0.25) is 4.79 Å². The molecule has 1 aromatic carbocycles. The number of para-hydroxylation sites is 1. The van der Waals surface area contributed by atoms with Crippen molar-refractivity contribution >= 4 is 19.0 Å². The van der Waals surface area contributed by atoms with E-state index in [1.807, 2.05) is 38.0 Å². The van der Waals surface area contributed by atoms with Crippen LogP contribution in [0.15, 0.2) is 18.2 Å². The average Bonchev–Trinajstić information content (AvgIpc) is 3.01. The highest BCUT2D eigenvalue weighted by Gasteiger charge is 2.37. The minimum atomic E-state index is -1.36. The van der Waals surface area contributed by atoms with Crippen molar-refractivity contribution in [2.75, 3.05) is 28.2 Å². The first-order chi connectivity index (χ1) is 14.7. The molecule has 0 bridgehead atoms. The van der Waals surface area contributed by atoms with Gasteiger partial charge in [0.15, 0.2) is 0 Å². The lowest BCUT2D eigenvalue weighted by Crippen LogP contribution is -2.53. The van der Waals surface area contributed by atoms with Crippen LogP contribution < -0.4 is 9.97 Å². The molecule has 3 N–H and O–H groups in total. The van der Waals surface area contributed by atoms with Crippen LogP contribution >= 0.6 is 0 Å². The van der Waals surface area contributed by atoms with Crippen LogP contribution in [0.2, 0.25) is 0 Å². The Kier molecular flexibility index (Phi) is 6.93. The molecular formula is C19H27BN6O5. The van der Waals surface area contributed by atoms with E-state index in [2.05, 4.69) is 15.6 Å². The summed E-state index contributed by atoms with van der Waals surface area (Å²) in [6.07, 6.45) is 0.247. The van der Waals surface area contributed by atoms with Crippen molar-refractivity contribution in [1.29, 1.82) is 0 Å². The summed E-state index contributed by atoms with van der Waals surface area (Å²) in [4.78, 5) is 28.0. The van der Waals surface area contributed by atoms with Crippen LogP contribution in [0.1, 0.15) is 27.3 Å². The zero-order valence-electron chi connectivity index (χ0n) is 18.1. The molecule has 3 rings (SSSR count). The second-order valence-corrected chi connectivity index (χ2v) is 8.10. The van der Waals surface area contributed by atoms with E-state index < -0.39 is 19.0 Å². The van der Waals surface area contributed by atoms with Crippen molar-refractivity contribution in [3.63, 3.8) is 0 Å². The van der Waals surface area contributed by atoms with E-state index in [-0.39, 0.29) is 30.2 Å². The van der Waals surface area contributed by atoms with Crippen LogP contribution in [0.3, 0.4) is 0 Å². The molecule has 1 aromatic heterocycles. The van der Waals surface area contributed by atoms with Gasteiger partial charge in [0.2, 0.25) is 5.91 Å². The molecule has 1 atom stereocenters. The summed E-state index contributed by atoms with van der Waals surface area (Å²) in [7, 11) is 6.36. The van der Waals surface area contributed by atoms with Crippen LogP contribution in [0.4, 0.5) is 0 Å². The summed E-state index contributed by atoms with van der Waals surface area (Å²) in [5, 5.41) is 30.7. The number of amides is 1. The van der Waals surface area contributed by atoms with Gasteiger partial charge in [-0.1, -0.05) is 17.3 Å². The van der Waals surface area contributed by atoms with E-state index in [0.717, 1.165) is 11.4 Å². The van der Waals surface area contributed by atoms with Gasteiger partial charge in [-0.25, -0.2) is 9.48 Å². The summed E-state index contributed by atoms with van der Waals surface area (Å²) in [5.74, 6) is -2.08. The summed E-state index contributed by atoms with van der Waals surface area (Å²) < 4.78 is 6.98. The summed E-state index contributed by atoms with van der Waals surface area (Å²) in [6, 6.07) is 4.74. The molecule has 0 aliphatic carbocycles. The van der Waals surface area contributed by atoms with Gasteiger partial charge in [0.25, 0.3) is 0 Å². The van der Waals surface area contributed by atoms with Gasteiger partial charge in [-0.15, -0.1) is 5.10 Å². The number of carboxylic acids is 1. The molecule has 31 heavy (non-hydrogen) atoms. The quantitative estimate of drug-likeness (QED) is 0.462. The predicted molar refractivity (Wildman–Crippen MR) is 112 cm³/mol. The van der Waals surface area contributed by atoms with Gasteiger partial charge in [-0.2, -0.15) is 0 Å². The topological polar surface area (TPSA) is 133 Å². The fourth-order valence-corrected chi connectivity index (χ4v) is 3.50. The molecule has 2 heterocycles. The smallest absolute Gasteiger partial charge is 0.534 e. The second-order valence-electron chi connectivity index (χ2n) is 8.10. The first-order valence-corrected chi connectivity index (χ1v) is 9.85. The first-order valence-electron chi connectivity index (χ1n) is 9.85. The Morgan fingerprint density at radius 2 is 1.97 bits per heavy atom. The van der Waals surface area contributed by atoms with Crippen LogP contribution in [0, 0.1) is 0 Å². The largest absolute Gasteiger partial charge is 0.547 e. The van der Waals surface area contributed by atoms with E-state index in [0.29, 0.717) is 18.7 Å². The summed E-state index contributed by atoms with van der Waals surface area (Å²) >= 11 is 0. The minimum Gasteiger partial charge on any atom is -0.534 e. The number of nitrogens with zero attached hydrogens (tertiary/aromatic N) is 5. The third-order valence-corrected chi connectivity index (χ3v) is 4.84. The van der Waals surface area contributed by atoms with Crippen molar-refractivity contribution in [3.05, 3.63) is 40.7 Å². The zero-order chi connectivity index (χ0) is 22.7. The Bertz CT molecular complexity index is 963. The number of aromatic carboxylic acids is 1. The van der Waals surface area contributed by atoms with Gasteiger partial charge in [0.05, 0.1) is 17.2 Å². The summed E-state index contributed by atoms with van der Waals surface area (Å²) in [5.41, 5.74) is 2.22. The predicted octanol–water partition coefficient (Wildman–Crippen LogP) is -0.761. The first kappa shape index (κ1) is 22.7. The highest BCUT2D eigenvalue weighted by atomic mass is 16.5. The lowest BCUT2D eigenvalue weighted by atomic mass is 9.72. The van der Waals surface area contributed by atoms with Crippen LogP contribution in [-0.4, -0.2) is 88.1 Å². The van der Waals surface area contributed by atoms with E-state index in [1.54, 1.807) is 16.8 Å². The van der Waals surface area contributed by atoms with Crippen molar-refractivity contribution in [2.45, 2.75) is 32.0 Å². The molecule has 1 aliphatic rings.